The Labute approximate surface area is 120 Å². The molecule has 0 spiro atoms. The maximum Gasteiger partial charge on any atom is 0.203 e. The molecule has 0 aliphatic heterocycles. The van der Waals surface area contributed by atoms with E-state index in [0.717, 1.165) is 23.8 Å². The Balaban J connectivity index is 2.01. The van der Waals surface area contributed by atoms with Crippen molar-refractivity contribution < 1.29 is 18.3 Å². The van der Waals surface area contributed by atoms with Crippen LogP contribution >= 0.6 is 0 Å². The number of hydrogen-bond donors (Lipinski definition) is 0. The number of Topliss-reactive ketones (excluding diaryl/α,β-unsaturated/α-hetero) is 1. The zero-order valence-electron chi connectivity index (χ0n) is 11.0. The number of ether oxygens (including phenoxy) is 1. The Kier molecular flexibility index (Phi) is 4.62. The van der Waals surface area contributed by atoms with Gasteiger partial charge in [0.2, 0.25) is 5.78 Å². The molecule has 5 heteroatoms. The van der Waals surface area contributed by atoms with Crippen LogP contribution in [0.15, 0.2) is 42.5 Å². The highest BCUT2D eigenvalue weighted by molar-refractivity contribution is 5.97. The molecule has 2 aromatic carbocycles. The fourth-order valence-electron chi connectivity index (χ4n) is 1.73. The van der Waals surface area contributed by atoms with Crippen molar-refractivity contribution in [3.8, 4) is 11.8 Å². The number of nitrogens with zero attached hydrogens (tertiary/aromatic N) is 1. The molecule has 2 rings (SSSR count). The van der Waals surface area contributed by atoms with Crippen LogP contribution in [0.1, 0.15) is 15.9 Å². The number of hydrogen-bond acceptors (Lipinski definition) is 3. The second-order valence-corrected chi connectivity index (χ2v) is 4.31. The van der Waals surface area contributed by atoms with E-state index in [-0.39, 0.29) is 12.0 Å². The monoisotopic (exact) mass is 287 g/mol. The third-order valence-corrected chi connectivity index (χ3v) is 2.81. The molecule has 0 unspecified atom stereocenters. The van der Waals surface area contributed by atoms with Gasteiger partial charge < -0.3 is 4.74 Å². The zero-order valence-corrected chi connectivity index (χ0v) is 11.0. The van der Waals surface area contributed by atoms with Crippen molar-refractivity contribution in [2.24, 2.45) is 0 Å². The molecule has 0 N–H and O–H groups in total. The summed E-state index contributed by atoms with van der Waals surface area (Å²) in [5, 5.41) is 8.55. The lowest BCUT2D eigenvalue weighted by atomic mass is 10.1. The molecule has 0 aliphatic rings. The van der Waals surface area contributed by atoms with Gasteiger partial charge in [0.1, 0.15) is 17.4 Å². The molecule has 106 valence electrons. The summed E-state index contributed by atoms with van der Waals surface area (Å²) < 4.78 is 31.6. The lowest BCUT2D eigenvalue weighted by Gasteiger charge is -2.07. The molecule has 0 atom stereocenters. The van der Waals surface area contributed by atoms with Gasteiger partial charge in [-0.05, 0) is 35.9 Å². The molecule has 0 amide bonds. The fraction of sp³-hybridized carbons (Fsp3) is 0.125. The van der Waals surface area contributed by atoms with E-state index in [1.807, 2.05) is 6.07 Å². The maximum atomic E-state index is 13.4. The summed E-state index contributed by atoms with van der Waals surface area (Å²) in [7, 11) is 0. The third kappa shape index (κ3) is 3.86. The summed E-state index contributed by atoms with van der Waals surface area (Å²) in [5.41, 5.74) is 0.489. The van der Waals surface area contributed by atoms with Crippen LogP contribution in [0, 0.1) is 23.0 Å². The first kappa shape index (κ1) is 14.7. The van der Waals surface area contributed by atoms with Gasteiger partial charge in [0, 0.05) is 0 Å². The summed E-state index contributed by atoms with van der Waals surface area (Å²) in [6.07, 6.45) is 0.285. The molecule has 0 radical (unpaired) electrons. The second kappa shape index (κ2) is 6.62. The Morgan fingerprint density at radius 3 is 2.52 bits per heavy atom. The van der Waals surface area contributed by atoms with E-state index in [1.165, 1.54) is 0 Å². The molecule has 0 bridgehead atoms. The average molecular weight is 287 g/mol. The van der Waals surface area contributed by atoms with Crippen molar-refractivity contribution >= 4 is 5.78 Å². The minimum absolute atomic E-state index is 0.285. The third-order valence-electron chi connectivity index (χ3n) is 2.81. The molecule has 21 heavy (non-hydrogen) atoms. The quantitative estimate of drug-likeness (QED) is 0.793. The van der Waals surface area contributed by atoms with E-state index in [4.69, 9.17) is 10.00 Å². The largest absolute Gasteiger partial charge is 0.485 e. The lowest BCUT2D eigenvalue weighted by molar-refractivity contribution is 0.0917. The first-order chi connectivity index (χ1) is 10.1. The van der Waals surface area contributed by atoms with Gasteiger partial charge in [-0.2, -0.15) is 5.26 Å². The SMILES string of the molecule is N#CCc1ccc(OCC(=O)c2cc(F)ccc2F)cc1. The van der Waals surface area contributed by atoms with Crippen molar-refractivity contribution in [2.45, 2.75) is 6.42 Å². The maximum absolute atomic E-state index is 13.4. The summed E-state index contributed by atoms with van der Waals surface area (Å²) in [6.45, 7) is -0.391. The molecule has 0 aromatic heterocycles. The Morgan fingerprint density at radius 2 is 1.86 bits per heavy atom. The minimum Gasteiger partial charge on any atom is -0.485 e. The number of rotatable bonds is 5. The number of halogens is 2. The van der Waals surface area contributed by atoms with Crippen molar-refractivity contribution in [3.63, 3.8) is 0 Å². The fourth-order valence-corrected chi connectivity index (χ4v) is 1.73. The van der Waals surface area contributed by atoms with Gasteiger partial charge in [-0.3, -0.25) is 4.79 Å². The molecule has 0 saturated heterocycles. The van der Waals surface area contributed by atoms with E-state index in [1.54, 1.807) is 24.3 Å². The highest BCUT2D eigenvalue weighted by atomic mass is 19.1. The van der Waals surface area contributed by atoms with E-state index < -0.39 is 24.0 Å². The highest BCUT2D eigenvalue weighted by Crippen LogP contribution is 2.14. The Bertz CT molecular complexity index is 690. The van der Waals surface area contributed by atoms with Crippen LogP contribution < -0.4 is 4.74 Å². The van der Waals surface area contributed by atoms with Crippen molar-refractivity contribution in [3.05, 3.63) is 65.2 Å². The van der Waals surface area contributed by atoms with Crippen LogP contribution in [0.3, 0.4) is 0 Å². The van der Waals surface area contributed by atoms with Gasteiger partial charge in [0.25, 0.3) is 0 Å². The zero-order chi connectivity index (χ0) is 15.2. The van der Waals surface area contributed by atoms with Crippen LogP contribution in [0.4, 0.5) is 8.78 Å². The first-order valence-corrected chi connectivity index (χ1v) is 6.17. The smallest absolute Gasteiger partial charge is 0.203 e. The summed E-state index contributed by atoms with van der Waals surface area (Å²) >= 11 is 0. The Hall–Kier alpha value is -2.74. The normalized spacial score (nSPS) is 9.95. The van der Waals surface area contributed by atoms with Crippen LogP contribution in [0.5, 0.6) is 5.75 Å². The molecular formula is C16H11F2NO2. The summed E-state index contributed by atoms with van der Waals surface area (Å²) in [6, 6.07) is 11.3. The van der Waals surface area contributed by atoms with Crippen molar-refractivity contribution in [2.75, 3.05) is 6.61 Å². The van der Waals surface area contributed by atoms with Crippen molar-refractivity contribution in [1.82, 2.24) is 0 Å². The van der Waals surface area contributed by atoms with E-state index >= 15 is 0 Å². The standard InChI is InChI=1S/C16H11F2NO2/c17-12-3-6-15(18)14(9-12)16(20)10-21-13-4-1-11(2-5-13)7-8-19/h1-6,9H,7,10H2. The summed E-state index contributed by atoms with van der Waals surface area (Å²) in [4.78, 5) is 11.8. The molecule has 2 aromatic rings. The Morgan fingerprint density at radius 1 is 1.14 bits per heavy atom. The highest BCUT2D eigenvalue weighted by Gasteiger charge is 2.13. The van der Waals surface area contributed by atoms with Crippen molar-refractivity contribution in [1.29, 1.82) is 5.26 Å². The van der Waals surface area contributed by atoms with E-state index in [9.17, 15) is 13.6 Å². The van der Waals surface area contributed by atoms with Crippen LogP contribution in [0.25, 0.3) is 0 Å². The van der Waals surface area contributed by atoms with Gasteiger partial charge in [0.05, 0.1) is 18.1 Å². The molecule has 0 saturated carbocycles. The molecule has 0 aliphatic carbocycles. The predicted octanol–water partition coefficient (Wildman–Crippen LogP) is 3.29. The molecule has 0 heterocycles. The number of benzene rings is 2. The van der Waals surface area contributed by atoms with Gasteiger partial charge in [-0.25, -0.2) is 8.78 Å². The van der Waals surface area contributed by atoms with E-state index in [2.05, 4.69) is 0 Å². The topological polar surface area (TPSA) is 50.1 Å². The lowest BCUT2D eigenvalue weighted by Crippen LogP contribution is -2.13. The molecular weight excluding hydrogens is 276 g/mol. The van der Waals surface area contributed by atoms with Gasteiger partial charge in [-0.15, -0.1) is 0 Å². The second-order valence-electron chi connectivity index (χ2n) is 4.31. The number of carbonyl (C=O) groups excluding carboxylic acids is 1. The number of ketones is 1. The van der Waals surface area contributed by atoms with Crippen LogP contribution in [0.2, 0.25) is 0 Å². The minimum atomic E-state index is -0.783. The summed E-state index contributed by atoms with van der Waals surface area (Å²) in [5.74, 6) is -1.69. The molecule has 3 nitrogen and oxygen atoms in total. The van der Waals surface area contributed by atoms with Gasteiger partial charge >= 0.3 is 0 Å². The average Bonchev–Trinajstić information content (AvgIpc) is 2.49. The van der Waals surface area contributed by atoms with Crippen LogP contribution in [-0.2, 0) is 6.42 Å². The number of carbonyl (C=O) groups is 1. The molecule has 0 fully saturated rings. The van der Waals surface area contributed by atoms with Gasteiger partial charge in [-0.1, -0.05) is 12.1 Å². The first-order valence-electron chi connectivity index (χ1n) is 6.17. The van der Waals surface area contributed by atoms with Crippen LogP contribution in [-0.4, -0.2) is 12.4 Å². The van der Waals surface area contributed by atoms with Gasteiger partial charge in [0.15, 0.2) is 6.61 Å². The number of nitriles is 1. The predicted molar refractivity (Wildman–Crippen MR) is 71.9 cm³/mol. The van der Waals surface area contributed by atoms with E-state index in [0.29, 0.717) is 5.75 Å².